The molecule has 22 heavy (non-hydrogen) atoms. The minimum atomic E-state index is -0.619. The Morgan fingerprint density at radius 1 is 1.18 bits per heavy atom. The summed E-state index contributed by atoms with van der Waals surface area (Å²) in [5.41, 5.74) is 1.01. The van der Waals surface area contributed by atoms with Crippen molar-refractivity contribution < 1.29 is 18.3 Å². The quantitative estimate of drug-likeness (QED) is 0.791. The van der Waals surface area contributed by atoms with Gasteiger partial charge in [-0.3, -0.25) is 0 Å². The molecule has 0 N–H and O–H groups in total. The first kappa shape index (κ1) is 16.4. The molecule has 0 spiro atoms. The minimum absolute atomic E-state index is 0.0580. The molecule has 1 heterocycles. The second-order valence-electron chi connectivity index (χ2n) is 5.27. The van der Waals surface area contributed by atoms with Crippen molar-refractivity contribution in [3.63, 3.8) is 0 Å². The molecule has 0 aliphatic rings. The molecule has 0 amide bonds. The van der Waals surface area contributed by atoms with Crippen LogP contribution in [0.15, 0.2) is 30.5 Å². The normalized spacial score (nSPS) is 11.0. The maximum Gasteiger partial charge on any atom is 0.222 e. The lowest BCUT2D eigenvalue weighted by Crippen LogP contribution is -2.07. The molecular formula is C17H19F2NO2. The maximum atomic E-state index is 14.1. The van der Waals surface area contributed by atoms with E-state index in [9.17, 15) is 8.78 Å². The van der Waals surface area contributed by atoms with Gasteiger partial charge in [-0.15, -0.1) is 0 Å². The van der Waals surface area contributed by atoms with Crippen LogP contribution in [-0.4, -0.2) is 17.7 Å². The van der Waals surface area contributed by atoms with Crippen LogP contribution in [0.2, 0.25) is 0 Å². The monoisotopic (exact) mass is 307 g/mol. The van der Waals surface area contributed by atoms with Crippen molar-refractivity contribution in [2.75, 3.05) is 6.61 Å². The SMILES string of the molecule is Cc1cccnc1Oc1cc(F)c(CCOC(C)C)cc1F. The number of halogens is 2. The number of ether oxygens (including phenoxy) is 2. The summed E-state index contributed by atoms with van der Waals surface area (Å²) in [6.07, 6.45) is 1.90. The van der Waals surface area contributed by atoms with E-state index in [-0.39, 0.29) is 23.3 Å². The van der Waals surface area contributed by atoms with Crippen LogP contribution in [0, 0.1) is 18.6 Å². The van der Waals surface area contributed by atoms with Gasteiger partial charge in [-0.25, -0.2) is 13.8 Å². The third-order valence-electron chi connectivity index (χ3n) is 3.09. The Hall–Kier alpha value is -2.01. The Labute approximate surface area is 128 Å². The van der Waals surface area contributed by atoms with Gasteiger partial charge in [0.1, 0.15) is 5.82 Å². The molecule has 118 valence electrons. The van der Waals surface area contributed by atoms with E-state index in [1.165, 1.54) is 6.20 Å². The van der Waals surface area contributed by atoms with E-state index in [0.29, 0.717) is 13.0 Å². The van der Waals surface area contributed by atoms with Crippen LogP contribution in [0.5, 0.6) is 11.6 Å². The standard InChI is InChI=1S/C17H19F2NO2/c1-11(2)21-8-6-13-9-15(19)16(10-14(13)18)22-17-12(3)5-4-7-20-17/h4-5,7,9-11H,6,8H2,1-3H3. The summed E-state index contributed by atoms with van der Waals surface area (Å²) in [6.45, 7) is 5.91. The summed E-state index contributed by atoms with van der Waals surface area (Å²) >= 11 is 0. The van der Waals surface area contributed by atoms with Crippen molar-refractivity contribution in [3.05, 3.63) is 53.2 Å². The zero-order valence-electron chi connectivity index (χ0n) is 12.9. The lowest BCUT2D eigenvalue weighted by Gasteiger charge is -2.11. The molecule has 0 unspecified atom stereocenters. The number of hydrogen-bond acceptors (Lipinski definition) is 3. The molecule has 3 nitrogen and oxygen atoms in total. The summed E-state index contributed by atoms with van der Waals surface area (Å²) in [5.74, 6) is -1.05. The highest BCUT2D eigenvalue weighted by atomic mass is 19.1. The Morgan fingerprint density at radius 2 is 1.95 bits per heavy atom. The minimum Gasteiger partial charge on any atom is -0.436 e. The molecule has 0 saturated carbocycles. The predicted octanol–water partition coefficient (Wildman–Crippen LogP) is 4.43. The molecule has 2 aromatic rings. The second kappa shape index (κ2) is 7.31. The summed E-state index contributed by atoms with van der Waals surface area (Å²) in [7, 11) is 0. The summed E-state index contributed by atoms with van der Waals surface area (Å²) in [5, 5.41) is 0. The molecule has 0 bridgehead atoms. The van der Waals surface area contributed by atoms with Gasteiger partial charge in [-0.2, -0.15) is 0 Å². The topological polar surface area (TPSA) is 31.4 Å². The van der Waals surface area contributed by atoms with Gasteiger partial charge in [0.2, 0.25) is 5.88 Å². The molecule has 1 aromatic carbocycles. The number of rotatable bonds is 6. The Kier molecular flexibility index (Phi) is 5.44. The predicted molar refractivity (Wildman–Crippen MR) is 80.2 cm³/mol. The number of nitrogens with zero attached hydrogens (tertiary/aromatic N) is 1. The van der Waals surface area contributed by atoms with Gasteiger partial charge >= 0.3 is 0 Å². The Morgan fingerprint density at radius 3 is 2.64 bits per heavy atom. The van der Waals surface area contributed by atoms with Gasteiger partial charge in [-0.1, -0.05) is 6.07 Å². The highest BCUT2D eigenvalue weighted by Crippen LogP contribution is 2.27. The summed E-state index contributed by atoms with van der Waals surface area (Å²) in [6, 6.07) is 5.73. The first-order valence-corrected chi connectivity index (χ1v) is 7.16. The Balaban J connectivity index is 2.14. The first-order chi connectivity index (χ1) is 10.5. The third-order valence-corrected chi connectivity index (χ3v) is 3.09. The molecule has 0 atom stereocenters. The summed E-state index contributed by atoms with van der Waals surface area (Å²) < 4.78 is 38.8. The van der Waals surface area contributed by atoms with Gasteiger partial charge in [0.25, 0.3) is 0 Å². The largest absolute Gasteiger partial charge is 0.436 e. The molecule has 0 saturated heterocycles. The smallest absolute Gasteiger partial charge is 0.222 e. The van der Waals surface area contributed by atoms with Crippen LogP contribution in [-0.2, 0) is 11.2 Å². The molecule has 5 heteroatoms. The highest BCUT2D eigenvalue weighted by molar-refractivity contribution is 5.35. The lowest BCUT2D eigenvalue weighted by atomic mass is 10.1. The van der Waals surface area contributed by atoms with E-state index in [1.807, 2.05) is 13.8 Å². The van der Waals surface area contributed by atoms with Crippen molar-refractivity contribution in [3.8, 4) is 11.6 Å². The van der Waals surface area contributed by atoms with Gasteiger partial charge in [0.05, 0.1) is 12.7 Å². The summed E-state index contributed by atoms with van der Waals surface area (Å²) in [4.78, 5) is 4.00. The molecular weight excluding hydrogens is 288 g/mol. The molecule has 1 aromatic heterocycles. The van der Waals surface area contributed by atoms with Crippen LogP contribution < -0.4 is 4.74 Å². The van der Waals surface area contributed by atoms with Gasteiger partial charge in [0.15, 0.2) is 11.6 Å². The van der Waals surface area contributed by atoms with Crippen molar-refractivity contribution in [1.82, 2.24) is 4.98 Å². The van der Waals surface area contributed by atoms with E-state index in [4.69, 9.17) is 9.47 Å². The van der Waals surface area contributed by atoms with Crippen molar-refractivity contribution in [2.45, 2.75) is 33.3 Å². The molecule has 0 aliphatic heterocycles. The first-order valence-electron chi connectivity index (χ1n) is 7.16. The van der Waals surface area contributed by atoms with Crippen LogP contribution in [0.3, 0.4) is 0 Å². The van der Waals surface area contributed by atoms with Crippen molar-refractivity contribution in [2.24, 2.45) is 0 Å². The van der Waals surface area contributed by atoms with Crippen LogP contribution in [0.1, 0.15) is 25.0 Å². The fourth-order valence-corrected chi connectivity index (χ4v) is 1.93. The van der Waals surface area contributed by atoms with Crippen molar-refractivity contribution in [1.29, 1.82) is 0 Å². The number of hydrogen-bond donors (Lipinski definition) is 0. The fraction of sp³-hybridized carbons (Fsp3) is 0.353. The van der Waals surface area contributed by atoms with E-state index in [2.05, 4.69) is 4.98 Å². The third kappa shape index (κ3) is 4.24. The zero-order chi connectivity index (χ0) is 16.1. The van der Waals surface area contributed by atoms with Crippen LogP contribution in [0.25, 0.3) is 0 Å². The van der Waals surface area contributed by atoms with Gasteiger partial charge in [-0.05, 0) is 44.9 Å². The average molecular weight is 307 g/mol. The van der Waals surface area contributed by atoms with Crippen LogP contribution in [0.4, 0.5) is 8.78 Å². The number of benzene rings is 1. The number of pyridine rings is 1. The number of aromatic nitrogens is 1. The maximum absolute atomic E-state index is 14.1. The molecule has 0 radical (unpaired) electrons. The molecule has 2 rings (SSSR count). The fourth-order valence-electron chi connectivity index (χ4n) is 1.93. The van der Waals surface area contributed by atoms with E-state index < -0.39 is 11.6 Å². The second-order valence-corrected chi connectivity index (χ2v) is 5.27. The van der Waals surface area contributed by atoms with E-state index in [0.717, 1.165) is 17.7 Å². The zero-order valence-corrected chi connectivity index (χ0v) is 12.9. The van der Waals surface area contributed by atoms with E-state index >= 15 is 0 Å². The van der Waals surface area contributed by atoms with Gasteiger partial charge < -0.3 is 9.47 Å². The van der Waals surface area contributed by atoms with Crippen LogP contribution >= 0.6 is 0 Å². The van der Waals surface area contributed by atoms with E-state index in [1.54, 1.807) is 19.1 Å². The number of aryl methyl sites for hydroxylation is 1. The average Bonchev–Trinajstić information content (AvgIpc) is 2.46. The van der Waals surface area contributed by atoms with Crippen molar-refractivity contribution >= 4 is 0 Å². The highest BCUT2D eigenvalue weighted by Gasteiger charge is 2.13. The molecule has 0 aliphatic carbocycles. The van der Waals surface area contributed by atoms with Gasteiger partial charge in [0, 0.05) is 17.8 Å². The molecule has 0 fully saturated rings. The Bertz CT molecular complexity index is 645. The lowest BCUT2D eigenvalue weighted by molar-refractivity contribution is 0.0809.